The number of nitriles is 1. The molecule has 0 aliphatic carbocycles. The lowest BCUT2D eigenvalue weighted by Gasteiger charge is -2.37. The minimum atomic E-state index is -1.91. The molecule has 0 spiro atoms. The molecule has 1 aliphatic heterocycles. The maximum Gasteiger partial charge on any atom is 0.512 e. The molecular weight excluding hydrogens is 682 g/mol. The van der Waals surface area contributed by atoms with Gasteiger partial charge in [-0.1, -0.05) is 31.2 Å². The van der Waals surface area contributed by atoms with Gasteiger partial charge in [-0.05, 0) is 42.0 Å². The highest BCUT2D eigenvalue weighted by Gasteiger charge is 2.47. The summed E-state index contributed by atoms with van der Waals surface area (Å²) in [5.74, 6) is -3.42. The van der Waals surface area contributed by atoms with Crippen molar-refractivity contribution in [1.29, 1.82) is 5.26 Å². The molecule has 12 nitrogen and oxygen atoms in total. The van der Waals surface area contributed by atoms with Gasteiger partial charge in [-0.3, -0.25) is 4.90 Å². The van der Waals surface area contributed by atoms with Crippen LogP contribution in [-0.4, -0.2) is 69.9 Å². The van der Waals surface area contributed by atoms with Crippen molar-refractivity contribution < 1.29 is 37.3 Å². The predicted molar refractivity (Wildman–Crippen MR) is 179 cm³/mol. The summed E-state index contributed by atoms with van der Waals surface area (Å²) < 4.78 is 53.0. The lowest BCUT2D eigenvalue weighted by molar-refractivity contribution is -0.0881. The first kappa shape index (κ1) is 35.3. The van der Waals surface area contributed by atoms with Gasteiger partial charge in [0.05, 0.1) is 48.6 Å². The number of carbonyl (C=O) groups is 2. The molecular formula is C36H32F2N6O6S. The van der Waals surface area contributed by atoms with Crippen molar-refractivity contribution in [2.24, 2.45) is 0 Å². The third kappa shape index (κ3) is 8.43. The molecule has 0 amide bonds. The molecule has 0 saturated carbocycles. The molecule has 2 aromatic heterocycles. The number of ether oxygens (including phenoxy) is 4. The molecule has 2 unspecified atom stereocenters. The summed E-state index contributed by atoms with van der Waals surface area (Å²) in [6.07, 6.45) is 1.33. The normalized spacial score (nSPS) is 14.9. The summed E-state index contributed by atoms with van der Waals surface area (Å²) in [6, 6.07) is 18.7. The van der Waals surface area contributed by atoms with Crippen LogP contribution in [0.2, 0.25) is 0 Å². The van der Waals surface area contributed by atoms with E-state index in [1.54, 1.807) is 48.7 Å². The number of hydrogen-bond acceptors (Lipinski definition) is 12. The van der Waals surface area contributed by atoms with Gasteiger partial charge in [0.15, 0.2) is 5.60 Å². The fourth-order valence-corrected chi connectivity index (χ4v) is 6.68. The maximum absolute atomic E-state index is 15.7. The second kappa shape index (κ2) is 16.0. The first-order valence-electron chi connectivity index (χ1n) is 15.9. The number of aromatic nitrogens is 4. The van der Waals surface area contributed by atoms with Gasteiger partial charge in [0.25, 0.3) is 0 Å². The predicted octanol–water partition coefficient (Wildman–Crippen LogP) is 6.05. The van der Waals surface area contributed by atoms with Crippen LogP contribution in [0.4, 0.5) is 13.6 Å². The van der Waals surface area contributed by atoms with Gasteiger partial charge in [0, 0.05) is 42.2 Å². The van der Waals surface area contributed by atoms with Crippen molar-refractivity contribution in [2.45, 2.75) is 31.5 Å². The first-order chi connectivity index (χ1) is 24.7. The van der Waals surface area contributed by atoms with Gasteiger partial charge in [-0.25, -0.2) is 33.0 Å². The van der Waals surface area contributed by atoms with E-state index in [4.69, 9.17) is 23.9 Å². The average Bonchev–Trinajstić information content (AvgIpc) is 3.85. The molecule has 1 fully saturated rings. The number of hydrogen-bond donors (Lipinski definition) is 0. The molecule has 3 aromatic carbocycles. The van der Waals surface area contributed by atoms with Gasteiger partial charge < -0.3 is 18.9 Å². The Kier molecular flexibility index (Phi) is 11.1. The zero-order valence-corrected chi connectivity index (χ0v) is 28.2. The molecule has 0 N–H and O–H groups in total. The summed E-state index contributed by atoms with van der Waals surface area (Å²) in [4.78, 5) is 37.1. The standard InChI is InChI=1S/C36H32F2N6O6S/c1-24(33-42-32(19-51-33)27-6-2-25(17-39)3-7-27)36(20-44-22-40-21-41-44,30-11-10-29(37)16-31(30)38)50-35(46)49-23-48-34(45)28-8-4-26(5-9-28)18-43-12-14-47-15-13-43/h2-11,16,19,21-22,24H,12-15,18,20,23H2,1H3. The molecule has 262 valence electrons. The van der Waals surface area contributed by atoms with Gasteiger partial charge >= 0.3 is 12.1 Å². The van der Waals surface area contributed by atoms with E-state index in [2.05, 4.69) is 21.1 Å². The van der Waals surface area contributed by atoms with E-state index in [0.717, 1.165) is 36.8 Å². The van der Waals surface area contributed by atoms with Crippen molar-refractivity contribution in [1.82, 2.24) is 24.6 Å². The molecule has 1 aliphatic rings. The van der Waals surface area contributed by atoms with E-state index in [1.807, 2.05) is 12.1 Å². The smallest absolute Gasteiger partial charge is 0.424 e. The molecule has 51 heavy (non-hydrogen) atoms. The van der Waals surface area contributed by atoms with Crippen LogP contribution in [0.25, 0.3) is 11.3 Å². The minimum absolute atomic E-state index is 0.173. The molecule has 15 heteroatoms. The zero-order valence-electron chi connectivity index (χ0n) is 27.4. The van der Waals surface area contributed by atoms with Crippen LogP contribution in [0.5, 0.6) is 0 Å². The third-order valence-corrected chi connectivity index (χ3v) is 9.51. The van der Waals surface area contributed by atoms with Crippen LogP contribution in [0.1, 0.15) is 44.9 Å². The highest BCUT2D eigenvalue weighted by molar-refractivity contribution is 7.10. The van der Waals surface area contributed by atoms with Crippen molar-refractivity contribution in [3.8, 4) is 17.3 Å². The topological polar surface area (TPSA) is 142 Å². The summed E-state index contributed by atoms with van der Waals surface area (Å²) in [6.45, 7) is 4.34. The molecule has 5 aromatic rings. The van der Waals surface area contributed by atoms with Crippen LogP contribution in [0.3, 0.4) is 0 Å². The van der Waals surface area contributed by atoms with Crippen LogP contribution in [0.15, 0.2) is 84.8 Å². The lowest BCUT2D eigenvalue weighted by atomic mass is 9.81. The monoisotopic (exact) mass is 714 g/mol. The Balaban J connectivity index is 1.21. The fraction of sp³-hybridized carbons (Fsp3) is 0.278. The highest BCUT2D eigenvalue weighted by atomic mass is 32.1. The fourth-order valence-electron chi connectivity index (χ4n) is 5.71. The molecule has 0 bridgehead atoms. The van der Waals surface area contributed by atoms with E-state index >= 15 is 4.39 Å². The second-order valence-corrected chi connectivity index (χ2v) is 12.6. The van der Waals surface area contributed by atoms with Crippen molar-refractivity contribution in [3.05, 3.63) is 124 Å². The number of carbonyl (C=O) groups excluding carboxylic acids is 2. The van der Waals surface area contributed by atoms with Gasteiger partial charge in [-0.15, -0.1) is 11.3 Å². The van der Waals surface area contributed by atoms with E-state index in [9.17, 15) is 19.2 Å². The SMILES string of the molecule is CC(c1nc(-c2ccc(C#N)cc2)cs1)C(Cn1cncn1)(OC(=O)OCOC(=O)c1ccc(CN2CCOCC2)cc1)c1ccc(F)cc1F. The van der Waals surface area contributed by atoms with E-state index in [1.165, 1.54) is 34.7 Å². The van der Waals surface area contributed by atoms with Crippen molar-refractivity contribution >= 4 is 23.5 Å². The molecule has 0 radical (unpaired) electrons. The van der Waals surface area contributed by atoms with E-state index in [0.29, 0.717) is 35.5 Å². The van der Waals surface area contributed by atoms with Crippen molar-refractivity contribution in [2.75, 3.05) is 33.1 Å². The number of esters is 1. The van der Waals surface area contributed by atoms with Gasteiger partial charge in [0.2, 0.25) is 6.79 Å². The molecule has 6 rings (SSSR count). The lowest BCUT2D eigenvalue weighted by Crippen LogP contribution is -2.43. The summed E-state index contributed by atoms with van der Waals surface area (Å²) in [7, 11) is 0. The number of nitrogens with zero attached hydrogens (tertiary/aromatic N) is 6. The van der Waals surface area contributed by atoms with Crippen LogP contribution in [-0.2, 0) is 37.6 Å². The Morgan fingerprint density at radius 1 is 1.06 bits per heavy atom. The summed E-state index contributed by atoms with van der Waals surface area (Å²) in [5.41, 5.74) is 0.967. The Bertz CT molecular complexity index is 2000. The zero-order chi connectivity index (χ0) is 35.8. The quantitative estimate of drug-likeness (QED) is 0.110. The minimum Gasteiger partial charge on any atom is -0.424 e. The maximum atomic E-state index is 15.7. The Hall–Kier alpha value is -5.56. The van der Waals surface area contributed by atoms with Crippen LogP contribution < -0.4 is 0 Å². The average molecular weight is 715 g/mol. The Morgan fingerprint density at radius 3 is 2.51 bits per heavy atom. The highest BCUT2D eigenvalue weighted by Crippen LogP contribution is 2.45. The third-order valence-electron chi connectivity index (χ3n) is 8.48. The number of rotatable bonds is 12. The molecule has 3 heterocycles. The van der Waals surface area contributed by atoms with E-state index < -0.39 is 42.1 Å². The Labute approximate surface area is 295 Å². The number of thiazole rings is 1. The summed E-state index contributed by atoms with van der Waals surface area (Å²) >= 11 is 1.23. The second-order valence-electron chi connectivity index (χ2n) is 11.7. The van der Waals surface area contributed by atoms with Gasteiger partial charge in [0.1, 0.15) is 29.3 Å². The van der Waals surface area contributed by atoms with Gasteiger partial charge in [-0.2, -0.15) is 10.4 Å². The largest absolute Gasteiger partial charge is 0.512 e. The van der Waals surface area contributed by atoms with E-state index in [-0.39, 0.29) is 17.7 Å². The first-order valence-corrected chi connectivity index (χ1v) is 16.8. The van der Waals surface area contributed by atoms with Crippen molar-refractivity contribution in [3.63, 3.8) is 0 Å². The molecule has 1 saturated heterocycles. The molecule has 2 atom stereocenters. The van der Waals surface area contributed by atoms with Crippen LogP contribution in [0, 0.1) is 23.0 Å². The summed E-state index contributed by atoms with van der Waals surface area (Å²) in [5, 5.41) is 15.5. The van der Waals surface area contributed by atoms with Crippen LogP contribution >= 0.6 is 11.3 Å². The Morgan fingerprint density at radius 2 is 1.82 bits per heavy atom. The number of halogens is 2. The number of benzene rings is 3. The number of morpholine rings is 1.